The number of rotatable bonds is 4. The molecule has 1 aliphatic rings. The molecular formula is C18H19NO2. The molecule has 0 spiro atoms. The van der Waals surface area contributed by atoms with Crippen LogP contribution < -0.4 is 5.73 Å². The molecule has 0 saturated heterocycles. The van der Waals surface area contributed by atoms with E-state index in [0.717, 1.165) is 11.1 Å². The van der Waals surface area contributed by atoms with Crippen molar-refractivity contribution in [2.45, 2.75) is 25.2 Å². The van der Waals surface area contributed by atoms with Crippen molar-refractivity contribution in [1.82, 2.24) is 0 Å². The van der Waals surface area contributed by atoms with Crippen molar-refractivity contribution in [3.63, 3.8) is 0 Å². The number of carbonyl (C=O) groups is 1. The third-order valence-electron chi connectivity index (χ3n) is 4.81. The minimum absolute atomic E-state index is 0.00843. The fourth-order valence-corrected chi connectivity index (χ4v) is 3.70. The fraction of sp³-hybridized carbons (Fsp3) is 0.278. The topological polar surface area (TPSA) is 63.3 Å². The van der Waals surface area contributed by atoms with E-state index in [0.29, 0.717) is 12.1 Å². The van der Waals surface area contributed by atoms with E-state index >= 15 is 0 Å². The van der Waals surface area contributed by atoms with Gasteiger partial charge in [-0.25, -0.2) is 0 Å². The van der Waals surface area contributed by atoms with Crippen molar-refractivity contribution < 1.29 is 9.90 Å². The van der Waals surface area contributed by atoms with E-state index in [1.54, 1.807) is 0 Å². The molecular weight excluding hydrogens is 262 g/mol. The van der Waals surface area contributed by atoms with E-state index in [1.807, 2.05) is 61.5 Å². The molecule has 3 atom stereocenters. The summed E-state index contributed by atoms with van der Waals surface area (Å²) in [5.74, 6) is -0.790. The van der Waals surface area contributed by atoms with Gasteiger partial charge in [-0.05, 0) is 23.6 Å². The van der Waals surface area contributed by atoms with Crippen molar-refractivity contribution in [2.24, 2.45) is 5.41 Å². The highest BCUT2D eigenvalue weighted by atomic mass is 16.4. The maximum Gasteiger partial charge on any atom is 0.310 e. The van der Waals surface area contributed by atoms with Gasteiger partial charge in [0.15, 0.2) is 0 Å². The number of hydrogen-bond donors (Lipinski definition) is 2. The smallest absolute Gasteiger partial charge is 0.310 e. The van der Waals surface area contributed by atoms with Gasteiger partial charge in [0.2, 0.25) is 0 Å². The minimum Gasteiger partial charge on any atom is -0.481 e. The molecule has 1 aliphatic carbocycles. The quantitative estimate of drug-likeness (QED) is 0.841. The van der Waals surface area contributed by atoms with Crippen LogP contribution in [0.1, 0.15) is 36.3 Å². The Labute approximate surface area is 124 Å². The van der Waals surface area contributed by atoms with Gasteiger partial charge in [0.25, 0.3) is 0 Å². The van der Waals surface area contributed by atoms with Crippen molar-refractivity contribution in [3.05, 3.63) is 65.7 Å². The number of carboxylic acids is 1. The lowest BCUT2D eigenvalue weighted by atomic mass is 9.94. The van der Waals surface area contributed by atoms with E-state index in [1.165, 1.54) is 0 Å². The molecule has 0 radical (unpaired) electrons. The summed E-state index contributed by atoms with van der Waals surface area (Å²) in [7, 11) is 0. The Bertz CT molecular complexity index is 668. The predicted octanol–water partition coefficient (Wildman–Crippen LogP) is 3.63. The maximum atomic E-state index is 12.0. The van der Waals surface area contributed by atoms with Gasteiger partial charge in [0, 0.05) is 17.5 Å². The lowest BCUT2D eigenvalue weighted by Crippen LogP contribution is -2.17. The first-order valence-electron chi connectivity index (χ1n) is 7.25. The number of nitrogens with two attached hydrogens (primary N) is 1. The van der Waals surface area contributed by atoms with Gasteiger partial charge >= 0.3 is 5.97 Å². The number of anilines is 1. The van der Waals surface area contributed by atoms with Gasteiger partial charge < -0.3 is 10.8 Å². The predicted molar refractivity (Wildman–Crippen MR) is 83.1 cm³/mol. The molecule has 0 aliphatic heterocycles. The summed E-state index contributed by atoms with van der Waals surface area (Å²) < 4.78 is 0. The van der Waals surface area contributed by atoms with Crippen LogP contribution >= 0.6 is 0 Å². The summed E-state index contributed by atoms with van der Waals surface area (Å²) >= 11 is 0. The van der Waals surface area contributed by atoms with Crippen molar-refractivity contribution in [2.75, 3.05) is 5.73 Å². The van der Waals surface area contributed by atoms with Gasteiger partial charge in [0.1, 0.15) is 0 Å². The molecule has 0 bridgehead atoms. The maximum absolute atomic E-state index is 12.0. The third-order valence-corrected chi connectivity index (χ3v) is 4.81. The summed E-state index contributed by atoms with van der Waals surface area (Å²) in [6.45, 7) is 1.95. The molecule has 1 saturated carbocycles. The average molecular weight is 281 g/mol. The van der Waals surface area contributed by atoms with Crippen LogP contribution in [0.5, 0.6) is 0 Å². The number of hydrogen-bond acceptors (Lipinski definition) is 2. The first-order chi connectivity index (χ1) is 10.1. The zero-order chi connectivity index (χ0) is 15.0. The van der Waals surface area contributed by atoms with Crippen molar-refractivity contribution in [1.29, 1.82) is 0 Å². The molecule has 1 fully saturated rings. The second-order valence-electron chi connectivity index (χ2n) is 5.69. The highest BCUT2D eigenvalue weighted by molar-refractivity contribution is 5.84. The van der Waals surface area contributed by atoms with Crippen LogP contribution in [-0.4, -0.2) is 11.1 Å². The van der Waals surface area contributed by atoms with Crippen molar-refractivity contribution in [3.8, 4) is 0 Å². The highest BCUT2D eigenvalue weighted by Crippen LogP contribution is 2.72. The Balaban J connectivity index is 2.10. The third kappa shape index (κ3) is 1.92. The van der Waals surface area contributed by atoms with Crippen LogP contribution in [0.2, 0.25) is 0 Å². The largest absolute Gasteiger partial charge is 0.481 e. The van der Waals surface area contributed by atoms with E-state index in [2.05, 4.69) is 0 Å². The Morgan fingerprint density at radius 3 is 2.29 bits per heavy atom. The van der Waals surface area contributed by atoms with Crippen LogP contribution in [0, 0.1) is 5.41 Å². The summed E-state index contributed by atoms with van der Waals surface area (Å²) in [6, 6.07) is 17.5. The summed E-state index contributed by atoms with van der Waals surface area (Å²) in [5.41, 5.74) is 8.06. The van der Waals surface area contributed by atoms with Crippen LogP contribution in [-0.2, 0) is 4.79 Å². The molecule has 3 nitrogen and oxygen atoms in total. The monoisotopic (exact) mass is 281 g/mol. The molecule has 108 valence electrons. The van der Waals surface area contributed by atoms with Gasteiger partial charge in [-0.2, -0.15) is 0 Å². The molecule has 0 heterocycles. The van der Waals surface area contributed by atoms with Crippen LogP contribution in [0.3, 0.4) is 0 Å². The molecule has 0 amide bonds. The van der Waals surface area contributed by atoms with E-state index < -0.39 is 11.4 Å². The summed E-state index contributed by atoms with van der Waals surface area (Å²) in [4.78, 5) is 12.0. The molecule has 3 unspecified atom stereocenters. The van der Waals surface area contributed by atoms with Gasteiger partial charge in [-0.15, -0.1) is 0 Å². The molecule has 3 N–H and O–H groups in total. The Morgan fingerprint density at radius 2 is 1.71 bits per heavy atom. The van der Waals surface area contributed by atoms with E-state index in [-0.39, 0.29) is 11.8 Å². The zero-order valence-electron chi connectivity index (χ0n) is 12.0. The number of nitrogen functional groups attached to an aromatic ring is 1. The van der Waals surface area contributed by atoms with Crippen LogP contribution in [0.15, 0.2) is 54.6 Å². The van der Waals surface area contributed by atoms with E-state index in [9.17, 15) is 9.90 Å². The number of aliphatic carboxylic acids is 1. The minimum atomic E-state index is -0.739. The standard InChI is InChI=1S/C18H19NO2/c1-2-18(17(20)21)15(12-8-4-3-5-9-12)16(18)13-10-6-7-11-14(13)19/h3-11,15-16H,2,19H2,1H3,(H,20,21). The first kappa shape index (κ1) is 13.7. The number of para-hydroxylation sites is 1. The lowest BCUT2D eigenvalue weighted by molar-refractivity contribution is -0.143. The Kier molecular flexibility index (Phi) is 3.20. The second kappa shape index (κ2) is 4.92. The Hall–Kier alpha value is -2.29. The normalized spacial score (nSPS) is 27.3. The Morgan fingerprint density at radius 1 is 1.10 bits per heavy atom. The highest BCUT2D eigenvalue weighted by Gasteiger charge is 2.69. The van der Waals surface area contributed by atoms with Gasteiger partial charge in [-0.1, -0.05) is 55.5 Å². The lowest BCUT2D eigenvalue weighted by Gasteiger charge is -2.11. The average Bonchev–Trinajstić information content (AvgIpc) is 3.19. The first-order valence-corrected chi connectivity index (χ1v) is 7.25. The van der Waals surface area contributed by atoms with Gasteiger partial charge in [-0.3, -0.25) is 4.79 Å². The molecule has 3 heteroatoms. The second-order valence-corrected chi connectivity index (χ2v) is 5.69. The van der Waals surface area contributed by atoms with Gasteiger partial charge in [0.05, 0.1) is 5.41 Å². The fourth-order valence-electron chi connectivity index (χ4n) is 3.70. The molecule has 2 aromatic carbocycles. The number of carboxylic acid groups (broad SMARTS) is 1. The number of benzene rings is 2. The molecule has 3 rings (SSSR count). The molecule has 2 aromatic rings. The van der Waals surface area contributed by atoms with Crippen LogP contribution in [0.25, 0.3) is 0 Å². The summed E-state index contributed by atoms with van der Waals surface area (Å²) in [6.07, 6.45) is 0.598. The van der Waals surface area contributed by atoms with Crippen LogP contribution in [0.4, 0.5) is 5.69 Å². The SMILES string of the molecule is CCC1(C(=O)O)C(c2ccccc2)C1c1ccccc1N. The van der Waals surface area contributed by atoms with E-state index in [4.69, 9.17) is 5.73 Å². The zero-order valence-corrected chi connectivity index (χ0v) is 12.0. The summed E-state index contributed by atoms with van der Waals surface area (Å²) in [5, 5.41) is 9.82. The van der Waals surface area contributed by atoms with Crippen molar-refractivity contribution >= 4 is 11.7 Å². The molecule has 21 heavy (non-hydrogen) atoms. The molecule has 0 aromatic heterocycles.